The summed E-state index contributed by atoms with van der Waals surface area (Å²) < 4.78 is 5.81. The topological polar surface area (TPSA) is 64.3 Å². The summed E-state index contributed by atoms with van der Waals surface area (Å²) in [6.45, 7) is 2.27. The molecule has 2 unspecified atom stereocenters. The predicted octanol–water partition coefficient (Wildman–Crippen LogP) is 3.85. The van der Waals surface area contributed by atoms with Crippen LogP contribution >= 0.6 is 11.6 Å². The molecular formula is C16H23ClN2O2. The van der Waals surface area contributed by atoms with Crippen LogP contribution < -0.4 is 11.1 Å². The van der Waals surface area contributed by atoms with Crippen LogP contribution in [0.1, 0.15) is 39.0 Å². The highest BCUT2D eigenvalue weighted by atomic mass is 35.5. The highest BCUT2D eigenvalue weighted by molar-refractivity contribution is 6.33. The van der Waals surface area contributed by atoms with Gasteiger partial charge in [0, 0.05) is 5.69 Å². The Morgan fingerprint density at radius 2 is 2.19 bits per heavy atom. The van der Waals surface area contributed by atoms with Gasteiger partial charge < -0.3 is 15.8 Å². The molecule has 0 bridgehead atoms. The number of nitrogen functional groups attached to an aromatic ring is 1. The molecule has 0 aliphatic heterocycles. The molecule has 1 saturated carbocycles. The van der Waals surface area contributed by atoms with Crippen molar-refractivity contribution >= 4 is 28.9 Å². The van der Waals surface area contributed by atoms with Crippen LogP contribution in [0.2, 0.25) is 5.02 Å². The Balaban J connectivity index is 1.82. The van der Waals surface area contributed by atoms with Gasteiger partial charge in [0.25, 0.3) is 0 Å². The fourth-order valence-corrected chi connectivity index (χ4v) is 2.98. The van der Waals surface area contributed by atoms with Gasteiger partial charge in [0.1, 0.15) is 6.61 Å². The van der Waals surface area contributed by atoms with Crippen LogP contribution in [0.15, 0.2) is 18.2 Å². The van der Waals surface area contributed by atoms with Gasteiger partial charge in [-0.2, -0.15) is 0 Å². The molecule has 21 heavy (non-hydrogen) atoms. The van der Waals surface area contributed by atoms with E-state index in [1.165, 1.54) is 19.3 Å². The summed E-state index contributed by atoms with van der Waals surface area (Å²) in [5, 5.41) is 3.26. The molecule has 116 valence electrons. The van der Waals surface area contributed by atoms with E-state index in [9.17, 15) is 4.79 Å². The second kappa shape index (κ2) is 7.66. The van der Waals surface area contributed by atoms with Crippen molar-refractivity contribution in [3.05, 3.63) is 23.2 Å². The van der Waals surface area contributed by atoms with E-state index >= 15 is 0 Å². The van der Waals surface area contributed by atoms with Gasteiger partial charge in [0.15, 0.2) is 0 Å². The van der Waals surface area contributed by atoms with E-state index in [0.717, 1.165) is 12.8 Å². The van der Waals surface area contributed by atoms with Crippen molar-refractivity contribution in [3.63, 3.8) is 0 Å². The number of nitrogens with one attached hydrogen (secondary N) is 1. The summed E-state index contributed by atoms with van der Waals surface area (Å²) in [5.74, 6) is 0.426. The second-order valence-corrected chi connectivity index (χ2v) is 5.99. The molecule has 5 heteroatoms. The maximum atomic E-state index is 11.9. The van der Waals surface area contributed by atoms with E-state index in [-0.39, 0.29) is 18.6 Å². The lowest BCUT2D eigenvalue weighted by molar-refractivity contribution is -0.124. The number of carbonyl (C=O) groups is 1. The van der Waals surface area contributed by atoms with Crippen LogP contribution in [0.4, 0.5) is 11.4 Å². The minimum atomic E-state index is -0.155. The first-order chi connectivity index (χ1) is 10.1. The van der Waals surface area contributed by atoms with Crippen molar-refractivity contribution < 1.29 is 9.53 Å². The van der Waals surface area contributed by atoms with Crippen LogP contribution in [-0.2, 0) is 9.53 Å². The predicted molar refractivity (Wildman–Crippen MR) is 86.5 cm³/mol. The largest absolute Gasteiger partial charge is 0.397 e. The zero-order valence-electron chi connectivity index (χ0n) is 12.4. The summed E-state index contributed by atoms with van der Waals surface area (Å²) in [6, 6.07) is 5.04. The molecule has 3 N–H and O–H groups in total. The zero-order chi connectivity index (χ0) is 15.2. The zero-order valence-corrected chi connectivity index (χ0v) is 13.2. The summed E-state index contributed by atoms with van der Waals surface area (Å²) in [7, 11) is 0. The third-order valence-electron chi connectivity index (χ3n) is 4.07. The van der Waals surface area contributed by atoms with Crippen LogP contribution in [0, 0.1) is 5.92 Å². The first-order valence-corrected chi connectivity index (χ1v) is 7.94. The average Bonchev–Trinajstić information content (AvgIpc) is 2.49. The summed E-state index contributed by atoms with van der Waals surface area (Å²) >= 11 is 5.85. The van der Waals surface area contributed by atoms with Crippen LogP contribution in [0.5, 0.6) is 0 Å². The Labute approximate surface area is 131 Å². The maximum Gasteiger partial charge on any atom is 0.250 e. The van der Waals surface area contributed by atoms with Gasteiger partial charge in [-0.1, -0.05) is 37.8 Å². The highest BCUT2D eigenvalue weighted by Crippen LogP contribution is 2.29. The molecule has 0 aromatic heterocycles. The molecule has 1 aliphatic carbocycles. The van der Waals surface area contributed by atoms with Gasteiger partial charge in [-0.15, -0.1) is 0 Å². The monoisotopic (exact) mass is 310 g/mol. The van der Waals surface area contributed by atoms with Crippen LogP contribution in [0.3, 0.4) is 0 Å². The number of benzene rings is 1. The summed E-state index contributed by atoms with van der Waals surface area (Å²) in [4.78, 5) is 11.9. The molecule has 1 fully saturated rings. The Bertz CT molecular complexity index is 493. The van der Waals surface area contributed by atoms with Gasteiger partial charge in [0.05, 0.1) is 16.8 Å². The van der Waals surface area contributed by atoms with Crippen molar-refractivity contribution in [1.82, 2.24) is 0 Å². The number of rotatable bonds is 5. The number of nitrogens with two attached hydrogens (primary N) is 1. The lowest BCUT2D eigenvalue weighted by Crippen LogP contribution is -2.31. The van der Waals surface area contributed by atoms with E-state index in [0.29, 0.717) is 22.3 Å². The SMILES string of the molecule is CCC1CCCCC1OCC(=O)Nc1ccc(Cl)c(N)c1. The summed E-state index contributed by atoms with van der Waals surface area (Å²) in [6.07, 6.45) is 6.05. The van der Waals surface area contributed by atoms with E-state index in [2.05, 4.69) is 12.2 Å². The molecule has 1 aromatic rings. The van der Waals surface area contributed by atoms with Crippen molar-refractivity contribution in [3.8, 4) is 0 Å². The van der Waals surface area contributed by atoms with E-state index in [1.807, 2.05) is 0 Å². The molecule has 0 saturated heterocycles. The molecule has 0 heterocycles. The second-order valence-electron chi connectivity index (χ2n) is 5.59. The van der Waals surface area contributed by atoms with Gasteiger partial charge >= 0.3 is 0 Å². The van der Waals surface area contributed by atoms with Crippen molar-refractivity contribution in [1.29, 1.82) is 0 Å². The Hall–Kier alpha value is -1.26. The number of amides is 1. The molecule has 1 aliphatic rings. The van der Waals surface area contributed by atoms with Crippen molar-refractivity contribution in [2.75, 3.05) is 17.7 Å². The van der Waals surface area contributed by atoms with Crippen LogP contribution in [-0.4, -0.2) is 18.6 Å². The highest BCUT2D eigenvalue weighted by Gasteiger charge is 2.24. The molecule has 0 radical (unpaired) electrons. The quantitative estimate of drug-likeness (QED) is 0.812. The Kier molecular flexibility index (Phi) is 5.88. The number of carbonyl (C=O) groups excluding carboxylic acids is 1. The molecule has 1 aromatic carbocycles. The fraction of sp³-hybridized carbons (Fsp3) is 0.562. The number of hydrogen-bond donors (Lipinski definition) is 2. The Morgan fingerprint density at radius 1 is 1.43 bits per heavy atom. The van der Waals surface area contributed by atoms with E-state index < -0.39 is 0 Å². The number of halogens is 1. The molecule has 0 spiro atoms. The molecule has 1 amide bonds. The van der Waals surface area contributed by atoms with Gasteiger partial charge in [-0.25, -0.2) is 0 Å². The van der Waals surface area contributed by atoms with Crippen LogP contribution in [0.25, 0.3) is 0 Å². The fourth-order valence-electron chi connectivity index (χ4n) is 2.86. The molecule has 4 nitrogen and oxygen atoms in total. The molecule has 2 atom stereocenters. The third-order valence-corrected chi connectivity index (χ3v) is 4.42. The molecule has 2 rings (SSSR count). The number of anilines is 2. The normalized spacial score (nSPS) is 22.0. The number of hydrogen-bond acceptors (Lipinski definition) is 3. The third kappa shape index (κ3) is 4.61. The Morgan fingerprint density at radius 3 is 2.90 bits per heavy atom. The molecular weight excluding hydrogens is 288 g/mol. The standard InChI is InChI=1S/C16H23ClN2O2/c1-2-11-5-3-4-6-15(11)21-10-16(20)19-12-7-8-13(17)14(18)9-12/h7-9,11,15H,2-6,10,18H2,1H3,(H,19,20). The van der Waals surface area contributed by atoms with Crippen molar-refractivity contribution in [2.24, 2.45) is 5.92 Å². The van der Waals surface area contributed by atoms with Gasteiger partial charge in [0.2, 0.25) is 5.91 Å². The van der Waals surface area contributed by atoms with Crippen molar-refractivity contribution in [2.45, 2.75) is 45.1 Å². The summed E-state index contributed by atoms with van der Waals surface area (Å²) in [5.41, 5.74) is 6.80. The maximum absolute atomic E-state index is 11.9. The van der Waals surface area contributed by atoms with E-state index in [1.54, 1.807) is 18.2 Å². The minimum Gasteiger partial charge on any atom is -0.397 e. The first-order valence-electron chi connectivity index (χ1n) is 7.56. The first kappa shape index (κ1) is 16.1. The smallest absolute Gasteiger partial charge is 0.250 e. The van der Waals surface area contributed by atoms with E-state index in [4.69, 9.17) is 22.1 Å². The van der Waals surface area contributed by atoms with Gasteiger partial charge in [-0.05, 0) is 37.0 Å². The average molecular weight is 311 g/mol. The number of ether oxygens (including phenoxy) is 1. The minimum absolute atomic E-state index is 0.0870. The lowest BCUT2D eigenvalue weighted by atomic mass is 9.85. The van der Waals surface area contributed by atoms with Gasteiger partial charge in [-0.3, -0.25) is 4.79 Å². The lowest BCUT2D eigenvalue weighted by Gasteiger charge is -2.30.